The van der Waals surface area contributed by atoms with E-state index in [2.05, 4.69) is 29.9 Å². The highest BCUT2D eigenvalue weighted by atomic mass is 32.1. The van der Waals surface area contributed by atoms with E-state index in [4.69, 9.17) is 0 Å². The van der Waals surface area contributed by atoms with Crippen molar-refractivity contribution in [2.75, 3.05) is 0 Å². The molecule has 0 saturated carbocycles. The molecule has 0 N–H and O–H groups in total. The fraction of sp³-hybridized carbons (Fsp3) is 0.400. The third kappa shape index (κ3) is 1.56. The molecule has 0 fully saturated rings. The van der Waals surface area contributed by atoms with E-state index in [1.165, 1.54) is 4.70 Å². The Morgan fingerprint density at radius 1 is 1.38 bits per heavy atom. The zero-order valence-electron chi connectivity index (χ0n) is 8.03. The van der Waals surface area contributed by atoms with E-state index < -0.39 is 0 Å². The Labute approximate surface area is 81.7 Å². The van der Waals surface area contributed by atoms with Crippen LogP contribution in [0.2, 0.25) is 0 Å². The van der Waals surface area contributed by atoms with E-state index in [-0.39, 0.29) is 0 Å². The fourth-order valence-corrected chi connectivity index (χ4v) is 2.06. The molecule has 68 valence electrons. The molecule has 0 atom stereocenters. The van der Waals surface area contributed by atoms with Gasteiger partial charge in [0, 0.05) is 11.9 Å². The van der Waals surface area contributed by atoms with Gasteiger partial charge >= 0.3 is 0 Å². The van der Waals surface area contributed by atoms with Gasteiger partial charge in [0.25, 0.3) is 0 Å². The lowest BCUT2D eigenvalue weighted by Gasteiger charge is -2.01. The van der Waals surface area contributed by atoms with Gasteiger partial charge in [-0.2, -0.15) is 0 Å². The highest BCUT2D eigenvalue weighted by molar-refractivity contribution is 7.18. The Morgan fingerprint density at radius 3 is 2.85 bits per heavy atom. The molecule has 0 unspecified atom stereocenters. The molecule has 0 spiro atoms. The van der Waals surface area contributed by atoms with Gasteiger partial charge in [-0.05, 0) is 18.9 Å². The zero-order chi connectivity index (χ0) is 9.42. The molecule has 2 rings (SSSR count). The number of aromatic nitrogens is 2. The molecule has 0 aromatic carbocycles. The van der Waals surface area contributed by atoms with Crippen LogP contribution in [0.1, 0.15) is 30.5 Å². The highest BCUT2D eigenvalue weighted by Crippen LogP contribution is 2.23. The average Bonchev–Trinajstić information content (AvgIpc) is 2.42. The summed E-state index contributed by atoms with van der Waals surface area (Å²) in [5.74, 6) is 0.478. The summed E-state index contributed by atoms with van der Waals surface area (Å²) >= 11 is 1.70. The number of hydrogen-bond donors (Lipinski definition) is 0. The molecule has 0 bridgehead atoms. The minimum absolute atomic E-state index is 0.478. The van der Waals surface area contributed by atoms with Gasteiger partial charge in [0.2, 0.25) is 0 Å². The lowest BCUT2D eigenvalue weighted by Crippen LogP contribution is -1.90. The summed E-state index contributed by atoms with van der Waals surface area (Å²) in [6, 6.07) is 2.09. The Balaban J connectivity index is 2.61. The van der Waals surface area contributed by atoms with Gasteiger partial charge in [-0.25, -0.2) is 4.98 Å². The zero-order valence-corrected chi connectivity index (χ0v) is 8.85. The van der Waals surface area contributed by atoms with Gasteiger partial charge < -0.3 is 0 Å². The average molecular weight is 192 g/mol. The molecule has 0 aliphatic rings. The van der Waals surface area contributed by atoms with E-state index in [1.807, 2.05) is 13.1 Å². The first-order valence-corrected chi connectivity index (χ1v) is 5.21. The first-order chi connectivity index (χ1) is 6.16. The maximum atomic E-state index is 4.43. The number of hydrogen-bond acceptors (Lipinski definition) is 3. The number of aryl methyl sites for hydroxylation is 1. The number of nitrogens with zero attached hydrogens (tertiary/aromatic N) is 2. The quantitative estimate of drug-likeness (QED) is 0.693. The van der Waals surface area contributed by atoms with Crippen molar-refractivity contribution in [2.45, 2.75) is 26.7 Å². The number of rotatable bonds is 1. The topological polar surface area (TPSA) is 25.8 Å². The van der Waals surface area contributed by atoms with Crippen molar-refractivity contribution in [3.8, 4) is 0 Å². The molecular weight excluding hydrogens is 180 g/mol. The van der Waals surface area contributed by atoms with Gasteiger partial charge in [-0.3, -0.25) is 4.98 Å². The van der Waals surface area contributed by atoms with Crippen LogP contribution in [0.5, 0.6) is 0 Å². The number of pyridine rings is 1. The predicted molar refractivity (Wildman–Crippen MR) is 56.2 cm³/mol. The molecule has 3 heteroatoms. The molecule has 2 aromatic heterocycles. The first kappa shape index (κ1) is 8.63. The second-order valence-corrected chi connectivity index (χ2v) is 4.70. The SMILES string of the molecule is Cc1nc2cc(C(C)C)ncc2s1. The van der Waals surface area contributed by atoms with Gasteiger partial charge in [0.05, 0.1) is 15.2 Å². The normalized spacial score (nSPS) is 11.4. The predicted octanol–water partition coefficient (Wildman–Crippen LogP) is 3.12. The molecular formula is C10H12N2S. The summed E-state index contributed by atoms with van der Waals surface area (Å²) < 4.78 is 1.18. The fourth-order valence-electron chi connectivity index (χ4n) is 1.28. The summed E-state index contributed by atoms with van der Waals surface area (Å²) in [5, 5.41) is 1.11. The van der Waals surface area contributed by atoms with Crippen molar-refractivity contribution in [1.82, 2.24) is 9.97 Å². The highest BCUT2D eigenvalue weighted by Gasteiger charge is 2.04. The monoisotopic (exact) mass is 192 g/mol. The van der Waals surface area contributed by atoms with Gasteiger partial charge in [0.15, 0.2) is 0 Å². The van der Waals surface area contributed by atoms with Gasteiger partial charge in [-0.1, -0.05) is 13.8 Å². The molecule has 0 radical (unpaired) electrons. The lowest BCUT2D eigenvalue weighted by atomic mass is 10.1. The maximum absolute atomic E-state index is 4.43. The first-order valence-electron chi connectivity index (χ1n) is 4.40. The van der Waals surface area contributed by atoms with Crippen LogP contribution < -0.4 is 0 Å². The molecule has 13 heavy (non-hydrogen) atoms. The Bertz CT molecular complexity index is 431. The second-order valence-electron chi connectivity index (χ2n) is 3.46. The van der Waals surface area contributed by atoms with Crippen molar-refractivity contribution in [1.29, 1.82) is 0 Å². The standard InChI is InChI=1S/C10H12N2S/c1-6(2)8-4-9-10(5-11-8)13-7(3)12-9/h4-6H,1-3H3. The molecule has 0 amide bonds. The summed E-state index contributed by atoms with van der Waals surface area (Å²) in [6.45, 7) is 6.32. The molecule has 2 heterocycles. The van der Waals surface area contributed by atoms with Crippen molar-refractivity contribution < 1.29 is 0 Å². The Morgan fingerprint density at radius 2 is 2.15 bits per heavy atom. The Kier molecular flexibility index (Phi) is 2.04. The smallest absolute Gasteiger partial charge is 0.0908 e. The van der Waals surface area contributed by atoms with E-state index in [9.17, 15) is 0 Å². The van der Waals surface area contributed by atoms with Crippen LogP contribution in [0.3, 0.4) is 0 Å². The van der Waals surface area contributed by atoms with Gasteiger partial charge in [-0.15, -0.1) is 11.3 Å². The number of fused-ring (bicyclic) bond motifs is 1. The summed E-state index contributed by atoms with van der Waals surface area (Å²) in [5.41, 5.74) is 2.21. The van der Waals surface area contributed by atoms with Crippen LogP contribution >= 0.6 is 11.3 Å². The van der Waals surface area contributed by atoms with Crippen LogP contribution in [0, 0.1) is 6.92 Å². The van der Waals surface area contributed by atoms with Crippen molar-refractivity contribution >= 4 is 21.6 Å². The van der Waals surface area contributed by atoms with E-state index in [0.717, 1.165) is 16.2 Å². The summed E-state index contributed by atoms with van der Waals surface area (Å²) in [6.07, 6.45) is 1.93. The largest absolute Gasteiger partial charge is 0.259 e. The van der Waals surface area contributed by atoms with Crippen LogP contribution in [0.15, 0.2) is 12.3 Å². The third-order valence-corrected chi connectivity index (χ3v) is 2.92. The van der Waals surface area contributed by atoms with Crippen LogP contribution in [-0.2, 0) is 0 Å². The Hall–Kier alpha value is -0.960. The molecule has 0 aliphatic carbocycles. The molecule has 0 saturated heterocycles. The summed E-state index contributed by atoms with van der Waals surface area (Å²) in [7, 11) is 0. The van der Waals surface area contributed by atoms with Crippen molar-refractivity contribution in [3.05, 3.63) is 23.0 Å². The van der Waals surface area contributed by atoms with E-state index in [0.29, 0.717) is 5.92 Å². The van der Waals surface area contributed by atoms with Crippen molar-refractivity contribution in [3.63, 3.8) is 0 Å². The maximum Gasteiger partial charge on any atom is 0.0908 e. The van der Waals surface area contributed by atoms with Crippen LogP contribution in [0.25, 0.3) is 10.2 Å². The minimum atomic E-state index is 0.478. The van der Waals surface area contributed by atoms with Crippen LogP contribution in [-0.4, -0.2) is 9.97 Å². The molecule has 2 aromatic rings. The third-order valence-electron chi connectivity index (χ3n) is 2.00. The second kappa shape index (κ2) is 3.07. The van der Waals surface area contributed by atoms with Crippen LogP contribution in [0.4, 0.5) is 0 Å². The molecule has 2 nitrogen and oxygen atoms in total. The summed E-state index contributed by atoms with van der Waals surface area (Å²) in [4.78, 5) is 8.82. The minimum Gasteiger partial charge on any atom is -0.259 e. The van der Waals surface area contributed by atoms with E-state index >= 15 is 0 Å². The van der Waals surface area contributed by atoms with E-state index in [1.54, 1.807) is 11.3 Å². The van der Waals surface area contributed by atoms with Crippen molar-refractivity contribution in [2.24, 2.45) is 0 Å². The number of thiazole rings is 1. The molecule has 0 aliphatic heterocycles. The lowest BCUT2D eigenvalue weighted by molar-refractivity contribution is 0.826. The van der Waals surface area contributed by atoms with Gasteiger partial charge in [0.1, 0.15) is 0 Å².